The zero-order valence-corrected chi connectivity index (χ0v) is 13.6. The molecule has 0 saturated carbocycles. The van der Waals surface area contributed by atoms with E-state index in [4.69, 9.17) is 0 Å². The maximum absolute atomic E-state index is 12.5. The van der Waals surface area contributed by atoms with Crippen molar-refractivity contribution < 1.29 is 9.90 Å². The molecular weight excluding hydrogens is 294 g/mol. The standard InChI is InChI=1S/C16H21N5O2/c1-11(2)21-9-14(18-19-21)16(23)7-8-20(10-16)15(22)13-6-4-5-12(3)17-13/h4-6,9,11,23H,7-8,10H2,1-3H3/t16-/m0/s1. The van der Waals surface area contributed by atoms with Crippen LogP contribution < -0.4 is 0 Å². The molecule has 122 valence electrons. The van der Waals surface area contributed by atoms with E-state index in [1.807, 2.05) is 32.9 Å². The van der Waals surface area contributed by atoms with Gasteiger partial charge in [0.05, 0.1) is 12.7 Å². The molecule has 0 unspecified atom stereocenters. The highest BCUT2D eigenvalue weighted by atomic mass is 16.3. The van der Waals surface area contributed by atoms with Gasteiger partial charge in [0.15, 0.2) is 0 Å². The van der Waals surface area contributed by atoms with Crippen LogP contribution in [0.15, 0.2) is 24.4 Å². The molecule has 1 N–H and O–H groups in total. The van der Waals surface area contributed by atoms with Gasteiger partial charge in [0.2, 0.25) is 0 Å². The van der Waals surface area contributed by atoms with Crippen LogP contribution in [0, 0.1) is 6.92 Å². The first-order valence-electron chi connectivity index (χ1n) is 7.77. The largest absolute Gasteiger partial charge is 0.381 e. The number of carbonyl (C=O) groups excluding carboxylic acids is 1. The fourth-order valence-electron chi connectivity index (χ4n) is 2.74. The Hall–Kier alpha value is -2.28. The Balaban J connectivity index is 1.77. The summed E-state index contributed by atoms with van der Waals surface area (Å²) in [6.45, 7) is 6.52. The van der Waals surface area contributed by atoms with Gasteiger partial charge in [-0.3, -0.25) is 4.79 Å². The second kappa shape index (κ2) is 5.73. The Morgan fingerprint density at radius 1 is 1.39 bits per heavy atom. The van der Waals surface area contributed by atoms with Crippen molar-refractivity contribution in [1.82, 2.24) is 24.9 Å². The molecule has 3 heterocycles. The minimum atomic E-state index is -1.15. The number of aryl methyl sites for hydroxylation is 1. The van der Waals surface area contributed by atoms with E-state index in [1.54, 1.807) is 21.8 Å². The highest BCUT2D eigenvalue weighted by Crippen LogP contribution is 2.31. The molecule has 7 nitrogen and oxygen atoms in total. The number of carbonyl (C=O) groups is 1. The van der Waals surface area contributed by atoms with Crippen LogP contribution in [0.3, 0.4) is 0 Å². The summed E-state index contributed by atoms with van der Waals surface area (Å²) in [4.78, 5) is 18.4. The molecule has 0 bridgehead atoms. The molecule has 0 aromatic carbocycles. The minimum absolute atomic E-state index is 0.166. The Bertz CT molecular complexity index is 727. The van der Waals surface area contributed by atoms with Crippen molar-refractivity contribution in [2.45, 2.75) is 38.8 Å². The van der Waals surface area contributed by atoms with Gasteiger partial charge in [-0.1, -0.05) is 11.3 Å². The minimum Gasteiger partial charge on any atom is -0.381 e. The maximum Gasteiger partial charge on any atom is 0.272 e. The predicted molar refractivity (Wildman–Crippen MR) is 83.8 cm³/mol. The number of aliphatic hydroxyl groups is 1. The summed E-state index contributed by atoms with van der Waals surface area (Å²) in [5.41, 5.74) is 0.566. The van der Waals surface area contributed by atoms with Crippen molar-refractivity contribution in [3.05, 3.63) is 41.5 Å². The van der Waals surface area contributed by atoms with E-state index in [9.17, 15) is 9.90 Å². The van der Waals surface area contributed by atoms with Gasteiger partial charge < -0.3 is 10.0 Å². The quantitative estimate of drug-likeness (QED) is 0.923. The molecule has 0 radical (unpaired) electrons. The molecular formula is C16H21N5O2. The fourth-order valence-corrected chi connectivity index (χ4v) is 2.74. The van der Waals surface area contributed by atoms with Crippen LogP contribution in [0.5, 0.6) is 0 Å². The number of hydrogen-bond acceptors (Lipinski definition) is 5. The molecule has 23 heavy (non-hydrogen) atoms. The summed E-state index contributed by atoms with van der Waals surface area (Å²) < 4.78 is 1.71. The van der Waals surface area contributed by atoms with Crippen molar-refractivity contribution >= 4 is 5.91 Å². The number of hydrogen-bond donors (Lipinski definition) is 1. The van der Waals surface area contributed by atoms with Crippen LogP contribution in [0.2, 0.25) is 0 Å². The zero-order valence-electron chi connectivity index (χ0n) is 13.6. The first-order valence-corrected chi connectivity index (χ1v) is 7.77. The number of amides is 1. The van der Waals surface area contributed by atoms with Crippen molar-refractivity contribution in [1.29, 1.82) is 0 Å². The van der Waals surface area contributed by atoms with Crippen molar-refractivity contribution in [2.75, 3.05) is 13.1 Å². The lowest BCUT2D eigenvalue weighted by molar-refractivity contribution is 0.0380. The molecule has 1 saturated heterocycles. The molecule has 2 aromatic rings. The van der Waals surface area contributed by atoms with Gasteiger partial charge in [-0.15, -0.1) is 5.10 Å². The van der Waals surface area contributed by atoms with Gasteiger partial charge >= 0.3 is 0 Å². The average molecular weight is 315 g/mol. The lowest BCUT2D eigenvalue weighted by Gasteiger charge is -2.21. The number of rotatable bonds is 3. The van der Waals surface area contributed by atoms with Gasteiger partial charge in [-0.25, -0.2) is 9.67 Å². The fraction of sp³-hybridized carbons (Fsp3) is 0.500. The van der Waals surface area contributed by atoms with E-state index in [2.05, 4.69) is 15.3 Å². The number of aromatic nitrogens is 4. The van der Waals surface area contributed by atoms with Gasteiger partial charge in [0.1, 0.15) is 17.0 Å². The van der Waals surface area contributed by atoms with E-state index >= 15 is 0 Å². The lowest BCUT2D eigenvalue weighted by atomic mass is 10.00. The molecule has 0 aliphatic carbocycles. The first-order chi connectivity index (χ1) is 10.9. The SMILES string of the molecule is Cc1cccc(C(=O)N2CC[C@@](O)(c3cn(C(C)C)nn3)C2)n1. The summed E-state index contributed by atoms with van der Waals surface area (Å²) in [5.74, 6) is -0.166. The monoisotopic (exact) mass is 315 g/mol. The summed E-state index contributed by atoms with van der Waals surface area (Å²) >= 11 is 0. The third-order valence-corrected chi connectivity index (χ3v) is 4.16. The third-order valence-electron chi connectivity index (χ3n) is 4.16. The number of pyridine rings is 1. The predicted octanol–water partition coefficient (Wildman–Crippen LogP) is 1.30. The summed E-state index contributed by atoms with van der Waals surface area (Å²) in [7, 11) is 0. The van der Waals surface area contributed by atoms with Gasteiger partial charge in [0.25, 0.3) is 5.91 Å². The molecule has 7 heteroatoms. The molecule has 0 spiro atoms. The molecule has 1 aliphatic rings. The van der Waals surface area contributed by atoms with Crippen LogP contribution in [0.25, 0.3) is 0 Å². The highest BCUT2D eigenvalue weighted by molar-refractivity contribution is 5.92. The summed E-state index contributed by atoms with van der Waals surface area (Å²) in [6, 6.07) is 5.53. The average Bonchev–Trinajstić information content (AvgIpc) is 3.14. The van der Waals surface area contributed by atoms with E-state index < -0.39 is 5.60 Å². The smallest absolute Gasteiger partial charge is 0.272 e. The topological polar surface area (TPSA) is 84.1 Å². The Morgan fingerprint density at radius 2 is 2.17 bits per heavy atom. The van der Waals surface area contributed by atoms with E-state index in [1.165, 1.54) is 0 Å². The summed E-state index contributed by atoms with van der Waals surface area (Å²) in [5, 5.41) is 19.0. The van der Waals surface area contributed by atoms with Crippen LogP contribution >= 0.6 is 0 Å². The molecule has 3 rings (SSSR count). The molecule has 1 amide bonds. The van der Waals surface area contributed by atoms with Crippen LogP contribution in [-0.2, 0) is 5.60 Å². The van der Waals surface area contributed by atoms with Gasteiger partial charge in [0, 0.05) is 24.7 Å². The van der Waals surface area contributed by atoms with Crippen molar-refractivity contribution in [3.63, 3.8) is 0 Å². The Morgan fingerprint density at radius 3 is 2.83 bits per heavy atom. The second-order valence-corrected chi connectivity index (χ2v) is 6.35. The van der Waals surface area contributed by atoms with Crippen LogP contribution in [0.1, 0.15) is 48.2 Å². The Labute approximate surface area is 134 Å². The van der Waals surface area contributed by atoms with E-state index in [0.717, 1.165) is 5.69 Å². The lowest BCUT2D eigenvalue weighted by Crippen LogP contribution is -2.35. The summed E-state index contributed by atoms with van der Waals surface area (Å²) in [6.07, 6.45) is 2.20. The normalized spacial score (nSPS) is 21.2. The van der Waals surface area contributed by atoms with Crippen LogP contribution in [-0.4, -0.2) is 49.0 Å². The van der Waals surface area contributed by atoms with E-state index in [0.29, 0.717) is 24.4 Å². The van der Waals surface area contributed by atoms with Gasteiger partial charge in [-0.05, 0) is 32.9 Å². The maximum atomic E-state index is 12.5. The first kappa shape index (κ1) is 15.6. The number of likely N-dealkylation sites (tertiary alicyclic amines) is 1. The Kier molecular flexibility index (Phi) is 3.89. The third kappa shape index (κ3) is 2.96. The van der Waals surface area contributed by atoms with Crippen molar-refractivity contribution in [3.8, 4) is 0 Å². The van der Waals surface area contributed by atoms with Crippen LogP contribution in [0.4, 0.5) is 0 Å². The molecule has 1 fully saturated rings. The second-order valence-electron chi connectivity index (χ2n) is 6.35. The number of β-amino-alcohol motifs (C(OH)–C–C–N with tert-alkyl or cyclic N) is 1. The molecule has 1 aliphatic heterocycles. The molecule has 1 atom stereocenters. The number of nitrogens with zero attached hydrogens (tertiary/aromatic N) is 5. The van der Waals surface area contributed by atoms with Gasteiger partial charge in [-0.2, -0.15) is 0 Å². The zero-order chi connectivity index (χ0) is 16.6. The molecule has 2 aromatic heterocycles. The van der Waals surface area contributed by atoms with Crippen molar-refractivity contribution in [2.24, 2.45) is 0 Å². The highest BCUT2D eigenvalue weighted by Gasteiger charge is 2.42. The van der Waals surface area contributed by atoms with E-state index in [-0.39, 0.29) is 18.5 Å².